The van der Waals surface area contributed by atoms with Crippen LogP contribution < -0.4 is 19.5 Å². The molecule has 2 amide bonds. The number of thioether (sulfide) groups is 1. The lowest BCUT2D eigenvalue weighted by Crippen LogP contribution is -2.29. The van der Waals surface area contributed by atoms with Gasteiger partial charge >= 0.3 is 0 Å². The first-order chi connectivity index (χ1) is 13.8. The van der Waals surface area contributed by atoms with Gasteiger partial charge in [0.15, 0.2) is 11.5 Å². The van der Waals surface area contributed by atoms with Gasteiger partial charge in [0.25, 0.3) is 11.1 Å². The lowest BCUT2D eigenvalue weighted by molar-refractivity contribution is -0.307. The summed E-state index contributed by atoms with van der Waals surface area (Å²) in [6.45, 7) is -0.699. The van der Waals surface area contributed by atoms with Crippen molar-refractivity contribution in [2.45, 2.75) is 0 Å². The van der Waals surface area contributed by atoms with E-state index in [0.29, 0.717) is 16.3 Å². The van der Waals surface area contributed by atoms with Gasteiger partial charge in [-0.3, -0.25) is 9.59 Å². The molecule has 0 aliphatic carbocycles. The Kier molecular flexibility index (Phi) is 6.36. The second-order valence-electron chi connectivity index (χ2n) is 5.69. The zero-order chi connectivity index (χ0) is 21.1. The number of aliphatic carboxylic acids is 1. The Bertz CT molecular complexity index is 1020. The van der Waals surface area contributed by atoms with Crippen LogP contribution in [0.2, 0.25) is 10.0 Å². The maximum absolute atomic E-state index is 12.7. The highest BCUT2D eigenvalue weighted by molar-refractivity contribution is 8.19. The Hall–Kier alpha value is -2.68. The molecule has 0 atom stereocenters. The molecule has 2 aromatic rings. The number of hydrogen-bond acceptors (Lipinski definition) is 7. The lowest BCUT2D eigenvalue weighted by Gasteiger charge is -2.14. The van der Waals surface area contributed by atoms with Crippen molar-refractivity contribution in [3.8, 4) is 11.5 Å². The topological polar surface area (TPSA) is 96.0 Å². The number of imide groups is 1. The summed E-state index contributed by atoms with van der Waals surface area (Å²) in [6.07, 6.45) is 1.48. The van der Waals surface area contributed by atoms with Crippen LogP contribution in [0.25, 0.3) is 6.08 Å². The van der Waals surface area contributed by atoms with Crippen LogP contribution in [-0.2, 0) is 9.59 Å². The molecule has 0 spiro atoms. The number of amides is 2. The molecule has 150 valence electrons. The molecule has 0 N–H and O–H groups in total. The molecule has 1 saturated heterocycles. The molecule has 1 fully saturated rings. The summed E-state index contributed by atoms with van der Waals surface area (Å²) in [5, 5.41) is 10.7. The average Bonchev–Trinajstić information content (AvgIpc) is 2.94. The number of rotatable bonds is 6. The fourth-order valence-electron chi connectivity index (χ4n) is 2.53. The second kappa shape index (κ2) is 8.77. The highest BCUT2D eigenvalue weighted by Gasteiger charge is 2.36. The average molecular weight is 453 g/mol. The predicted octanol–water partition coefficient (Wildman–Crippen LogP) is 3.37. The summed E-state index contributed by atoms with van der Waals surface area (Å²) in [7, 11) is 1.36. The molecular formula is C19H12Cl2NO6S-. The van der Waals surface area contributed by atoms with E-state index in [0.717, 1.165) is 16.7 Å². The van der Waals surface area contributed by atoms with Gasteiger partial charge in [0.1, 0.15) is 6.61 Å². The van der Waals surface area contributed by atoms with Crippen LogP contribution in [-0.4, -0.2) is 30.8 Å². The number of anilines is 1. The Morgan fingerprint density at radius 2 is 1.90 bits per heavy atom. The minimum atomic E-state index is -1.41. The van der Waals surface area contributed by atoms with E-state index in [9.17, 15) is 19.5 Å². The van der Waals surface area contributed by atoms with Crippen LogP contribution in [0.3, 0.4) is 0 Å². The largest absolute Gasteiger partial charge is 0.546 e. The molecule has 2 aromatic carbocycles. The third-order valence-electron chi connectivity index (χ3n) is 3.76. The van der Waals surface area contributed by atoms with E-state index in [-0.39, 0.29) is 21.4 Å². The number of carbonyl (C=O) groups is 3. The van der Waals surface area contributed by atoms with E-state index in [1.165, 1.54) is 25.3 Å². The van der Waals surface area contributed by atoms with Crippen molar-refractivity contribution < 1.29 is 29.0 Å². The standard InChI is InChI=1S/C19H13Cl2NO6S/c1-27-14-7-10(6-13(21)17(14)28-9-16(23)24)8-15-18(25)22(19(26)29-15)12-4-2-11(20)3-5-12/h2-8H,9H2,1H3,(H,23,24)/p-1/b15-8-. The molecule has 0 unspecified atom stereocenters. The number of ether oxygens (including phenoxy) is 2. The molecule has 1 heterocycles. The monoisotopic (exact) mass is 452 g/mol. The van der Waals surface area contributed by atoms with Crippen molar-refractivity contribution in [3.63, 3.8) is 0 Å². The number of hydrogen-bond donors (Lipinski definition) is 0. The predicted molar refractivity (Wildman–Crippen MR) is 108 cm³/mol. The third-order valence-corrected chi connectivity index (χ3v) is 5.16. The molecular weight excluding hydrogens is 441 g/mol. The Morgan fingerprint density at radius 1 is 1.21 bits per heavy atom. The number of carboxylic acids is 1. The van der Waals surface area contributed by atoms with Gasteiger partial charge < -0.3 is 19.4 Å². The van der Waals surface area contributed by atoms with Crippen molar-refractivity contribution in [2.75, 3.05) is 18.6 Å². The van der Waals surface area contributed by atoms with Crippen LogP contribution in [0, 0.1) is 0 Å². The van der Waals surface area contributed by atoms with Gasteiger partial charge in [0.05, 0.1) is 28.7 Å². The summed E-state index contributed by atoms with van der Waals surface area (Å²) < 4.78 is 10.3. The first kappa shape index (κ1) is 21.0. The minimum absolute atomic E-state index is 0.0322. The van der Waals surface area contributed by atoms with Crippen molar-refractivity contribution in [1.29, 1.82) is 0 Å². The number of nitrogens with zero attached hydrogens (tertiary/aromatic N) is 1. The number of halogens is 2. The van der Waals surface area contributed by atoms with E-state index in [2.05, 4.69) is 0 Å². The molecule has 10 heteroatoms. The Morgan fingerprint density at radius 3 is 2.52 bits per heavy atom. The molecule has 1 aliphatic heterocycles. The Labute approximate surface area is 179 Å². The highest BCUT2D eigenvalue weighted by Crippen LogP contribution is 2.40. The molecule has 0 radical (unpaired) electrons. The lowest BCUT2D eigenvalue weighted by atomic mass is 10.1. The molecule has 0 bridgehead atoms. The van der Waals surface area contributed by atoms with Crippen molar-refractivity contribution >= 4 is 63.8 Å². The highest BCUT2D eigenvalue weighted by atomic mass is 35.5. The fraction of sp³-hybridized carbons (Fsp3) is 0.105. The fourth-order valence-corrected chi connectivity index (χ4v) is 3.77. The number of carbonyl (C=O) groups excluding carboxylic acids is 3. The van der Waals surface area contributed by atoms with Crippen molar-refractivity contribution in [3.05, 3.63) is 56.9 Å². The van der Waals surface area contributed by atoms with Gasteiger partial charge in [-0.25, -0.2) is 4.90 Å². The minimum Gasteiger partial charge on any atom is -0.546 e. The zero-order valence-corrected chi connectivity index (χ0v) is 17.1. The summed E-state index contributed by atoms with van der Waals surface area (Å²) in [5.41, 5.74) is 0.871. The number of benzene rings is 2. The van der Waals surface area contributed by atoms with Crippen LogP contribution in [0.5, 0.6) is 11.5 Å². The first-order valence-corrected chi connectivity index (χ1v) is 9.61. The second-order valence-corrected chi connectivity index (χ2v) is 7.53. The van der Waals surface area contributed by atoms with E-state index >= 15 is 0 Å². The van der Waals surface area contributed by atoms with Gasteiger partial charge in [-0.15, -0.1) is 0 Å². The summed E-state index contributed by atoms with van der Waals surface area (Å²) in [4.78, 5) is 36.9. The smallest absolute Gasteiger partial charge is 0.298 e. The summed E-state index contributed by atoms with van der Waals surface area (Å²) >= 11 is 12.8. The molecule has 0 saturated carbocycles. The van der Waals surface area contributed by atoms with Gasteiger partial charge in [-0.2, -0.15) is 0 Å². The molecule has 3 rings (SSSR count). The van der Waals surface area contributed by atoms with Gasteiger partial charge in [-0.05, 0) is 59.8 Å². The zero-order valence-electron chi connectivity index (χ0n) is 14.8. The van der Waals surface area contributed by atoms with E-state index in [1.807, 2.05) is 0 Å². The molecule has 7 nitrogen and oxygen atoms in total. The molecule has 29 heavy (non-hydrogen) atoms. The SMILES string of the molecule is COc1cc(/C=C2\SC(=O)N(c3ccc(Cl)cc3)C2=O)cc(Cl)c1OCC(=O)[O-]. The van der Waals surface area contributed by atoms with E-state index in [4.69, 9.17) is 32.7 Å². The van der Waals surface area contributed by atoms with Gasteiger partial charge in [-0.1, -0.05) is 23.2 Å². The number of carboxylic acid groups (broad SMARTS) is 1. The summed E-state index contributed by atoms with van der Waals surface area (Å²) in [5.74, 6) is -1.70. The Balaban J connectivity index is 1.90. The quantitative estimate of drug-likeness (QED) is 0.619. The molecule has 1 aliphatic rings. The maximum atomic E-state index is 12.7. The van der Waals surface area contributed by atoms with E-state index in [1.54, 1.807) is 24.3 Å². The van der Waals surface area contributed by atoms with E-state index < -0.39 is 23.7 Å². The van der Waals surface area contributed by atoms with Crippen LogP contribution in [0.15, 0.2) is 41.3 Å². The number of methoxy groups -OCH3 is 1. The first-order valence-electron chi connectivity index (χ1n) is 8.04. The van der Waals surface area contributed by atoms with Crippen LogP contribution >= 0.6 is 35.0 Å². The van der Waals surface area contributed by atoms with Crippen LogP contribution in [0.4, 0.5) is 10.5 Å². The van der Waals surface area contributed by atoms with Crippen molar-refractivity contribution in [2.24, 2.45) is 0 Å². The normalized spacial score (nSPS) is 15.1. The van der Waals surface area contributed by atoms with Crippen LogP contribution in [0.1, 0.15) is 5.56 Å². The van der Waals surface area contributed by atoms with Gasteiger partial charge in [0.2, 0.25) is 0 Å². The summed E-state index contributed by atoms with van der Waals surface area (Å²) in [6, 6.07) is 9.29. The van der Waals surface area contributed by atoms with Crippen molar-refractivity contribution in [1.82, 2.24) is 0 Å². The van der Waals surface area contributed by atoms with Gasteiger partial charge in [0, 0.05) is 5.02 Å². The third kappa shape index (κ3) is 4.67. The maximum Gasteiger partial charge on any atom is 0.298 e. The molecule has 0 aromatic heterocycles.